The predicted octanol–water partition coefficient (Wildman–Crippen LogP) is 1.75. The first-order chi connectivity index (χ1) is 9.01. The molecule has 19 heavy (non-hydrogen) atoms. The molecule has 1 rings (SSSR count). The molecule has 0 bridgehead atoms. The van der Waals surface area contributed by atoms with E-state index in [1.165, 1.54) is 30.1 Å². The van der Waals surface area contributed by atoms with Crippen LogP contribution in [0.3, 0.4) is 0 Å². The van der Waals surface area contributed by atoms with E-state index in [9.17, 15) is 9.59 Å². The highest BCUT2D eigenvalue weighted by Crippen LogP contribution is 2.29. The summed E-state index contributed by atoms with van der Waals surface area (Å²) in [6.45, 7) is 5.76. The molecule has 0 fully saturated rings. The van der Waals surface area contributed by atoms with E-state index >= 15 is 0 Å². The van der Waals surface area contributed by atoms with Crippen molar-refractivity contribution >= 4 is 46.8 Å². The largest absolute Gasteiger partial charge is 0.341 e. The number of carbonyl (C=O) groups excluding carboxylic acids is 2. The Labute approximate surface area is 123 Å². The van der Waals surface area contributed by atoms with Gasteiger partial charge in [0, 0.05) is 12.8 Å². The van der Waals surface area contributed by atoms with Gasteiger partial charge in [-0.2, -0.15) is 0 Å². The van der Waals surface area contributed by atoms with Gasteiger partial charge in [-0.3, -0.25) is 10.1 Å². The number of amides is 3. The fourth-order valence-corrected chi connectivity index (χ4v) is 3.51. The molecule has 0 spiro atoms. The quantitative estimate of drug-likeness (QED) is 0.614. The highest BCUT2D eigenvalue weighted by atomic mass is 32.2. The van der Waals surface area contributed by atoms with E-state index in [4.69, 9.17) is 0 Å². The van der Waals surface area contributed by atoms with Crippen LogP contribution in [-0.4, -0.2) is 40.7 Å². The number of thioether (sulfide) groups is 2. The van der Waals surface area contributed by atoms with Gasteiger partial charge in [0.05, 0.1) is 5.75 Å². The van der Waals surface area contributed by atoms with Crippen molar-refractivity contribution in [3.63, 3.8) is 0 Å². The number of carbonyl (C=O) groups is 2. The summed E-state index contributed by atoms with van der Waals surface area (Å²) in [5.74, 6) is 0.569. The van der Waals surface area contributed by atoms with Crippen molar-refractivity contribution in [2.24, 2.45) is 0 Å². The van der Waals surface area contributed by atoms with Crippen molar-refractivity contribution < 1.29 is 9.59 Å². The van der Waals surface area contributed by atoms with Gasteiger partial charge < -0.3 is 5.32 Å². The molecule has 9 heteroatoms. The Morgan fingerprint density at radius 2 is 1.84 bits per heavy atom. The second kappa shape index (κ2) is 8.18. The second-order valence-electron chi connectivity index (χ2n) is 3.50. The first kappa shape index (κ1) is 16.0. The Morgan fingerprint density at radius 3 is 2.37 bits per heavy atom. The first-order valence-corrected chi connectivity index (χ1v) is 8.05. The van der Waals surface area contributed by atoms with E-state index in [-0.39, 0.29) is 11.7 Å². The van der Waals surface area contributed by atoms with Crippen molar-refractivity contribution in [2.45, 2.75) is 15.6 Å². The number of nitrogens with zero attached hydrogens (tertiary/aromatic N) is 2. The zero-order valence-corrected chi connectivity index (χ0v) is 13.0. The van der Waals surface area contributed by atoms with Crippen LogP contribution in [0.15, 0.2) is 20.8 Å². The van der Waals surface area contributed by atoms with Gasteiger partial charge in [0.25, 0.3) is 0 Å². The Balaban J connectivity index is 2.35. The number of rotatable bonds is 6. The minimum atomic E-state index is -0.513. The third-order valence-corrected chi connectivity index (χ3v) is 5.06. The summed E-state index contributed by atoms with van der Waals surface area (Å²) >= 11 is 4.24. The highest BCUT2D eigenvalue weighted by Gasteiger charge is 2.10. The lowest BCUT2D eigenvalue weighted by molar-refractivity contribution is -0.117. The lowest BCUT2D eigenvalue weighted by Crippen LogP contribution is -2.38. The van der Waals surface area contributed by atoms with E-state index in [0.29, 0.717) is 4.34 Å². The fourth-order valence-electron chi connectivity index (χ4n) is 0.851. The molecule has 0 aliphatic rings. The van der Waals surface area contributed by atoms with Gasteiger partial charge in [0.1, 0.15) is 0 Å². The molecule has 0 aromatic carbocycles. The van der Waals surface area contributed by atoms with E-state index in [0.717, 1.165) is 15.7 Å². The van der Waals surface area contributed by atoms with Crippen molar-refractivity contribution in [3.8, 4) is 0 Å². The minimum Gasteiger partial charge on any atom is -0.341 e. The van der Waals surface area contributed by atoms with E-state index in [1.807, 2.05) is 6.92 Å². The summed E-state index contributed by atoms with van der Waals surface area (Å²) in [6, 6.07) is -0.513. The van der Waals surface area contributed by atoms with Crippen LogP contribution in [0, 0.1) is 0 Å². The van der Waals surface area contributed by atoms with Crippen LogP contribution in [0.2, 0.25) is 0 Å². The molecule has 1 aromatic heterocycles. The third-order valence-electron chi connectivity index (χ3n) is 1.64. The maximum atomic E-state index is 11.4. The molecule has 104 valence electrons. The summed E-state index contributed by atoms with van der Waals surface area (Å²) in [5, 5.41) is 12.5. The Kier molecular flexibility index (Phi) is 6.89. The number of hydrogen-bond donors (Lipinski definition) is 2. The molecular formula is C10H14N4O2S3. The predicted molar refractivity (Wildman–Crippen MR) is 78.8 cm³/mol. The molecule has 2 N–H and O–H groups in total. The molecular weight excluding hydrogens is 304 g/mol. The summed E-state index contributed by atoms with van der Waals surface area (Å²) in [5.41, 5.74) is 1.07. The summed E-state index contributed by atoms with van der Waals surface area (Å²) in [4.78, 5) is 22.3. The van der Waals surface area contributed by atoms with Gasteiger partial charge in [-0.25, -0.2) is 4.79 Å². The number of imide groups is 1. The van der Waals surface area contributed by atoms with Crippen molar-refractivity contribution in [3.05, 3.63) is 12.2 Å². The van der Waals surface area contributed by atoms with Crippen LogP contribution in [0.4, 0.5) is 4.79 Å². The molecule has 0 aliphatic heterocycles. The highest BCUT2D eigenvalue weighted by molar-refractivity contribution is 8.03. The average Bonchev–Trinajstić information content (AvgIpc) is 2.81. The monoisotopic (exact) mass is 318 g/mol. The van der Waals surface area contributed by atoms with E-state index in [1.54, 1.807) is 11.8 Å². The average molecular weight is 318 g/mol. The van der Waals surface area contributed by atoms with Gasteiger partial charge in [0.15, 0.2) is 8.68 Å². The van der Waals surface area contributed by atoms with Gasteiger partial charge in [-0.05, 0) is 6.92 Å². The number of nitrogens with one attached hydrogen (secondary N) is 2. The zero-order chi connectivity index (χ0) is 14.3. The van der Waals surface area contributed by atoms with Crippen LogP contribution < -0.4 is 10.6 Å². The Morgan fingerprint density at radius 1 is 1.26 bits per heavy atom. The third kappa shape index (κ3) is 6.60. The van der Waals surface area contributed by atoms with Gasteiger partial charge in [-0.1, -0.05) is 47.0 Å². The van der Waals surface area contributed by atoms with Crippen LogP contribution in [0.25, 0.3) is 0 Å². The number of urea groups is 1. The Hall–Kier alpha value is -1.06. The molecule has 3 amide bonds. The molecule has 0 radical (unpaired) electrons. The summed E-state index contributed by atoms with van der Waals surface area (Å²) in [6.07, 6.45) is 0. The van der Waals surface area contributed by atoms with Crippen LogP contribution >= 0.6 is 34.9 Å². The molecule has 1 heterocycles. The molecule has 0 unspecified atom stereocenters. The molecule has 1 aromatic rings. The normalized spacial score (nSPS) is 10.0. The van der Waals surface area contributed by atoms with Crippen LogP contribution in [-0.2, 0) is 4.79 Å². The minimum absolute atomic E-state index is 0.132. The Bertz CT molecular complexity index is 475. The maximum Gasteiger partial charge on any atom is 0.321 e. The SMILES string of the molecule is C=C(C)CSc1nnc(SCC(=O)NC(=O)NC)s1. The van der Waals surface area contributed by atoms with Crippen LogP contribution in [0.5, 0.6) is 0 Å². The standard InChI is InChI=1S/C10H14N4O2S3/c1-6(2)4-17-9-13-14-10(19-9)18-5-7(15)12-8(16)11-3/h1,4-5H2,2-3H3,(H2,11,12,15,16). The number of aromatic nitrogens is 2. The van der Waals surface area contributed by atoms with Crippen molar-refractivity contribution in [1.29, 1.82) is 0 Å². The molecule has 0 saturated carbocycles. The maximum absolute atomic E-state index is 11.4. The van der Waals surface area contributed by atoms with E-state index < -0.39 is 6.03 Å². The topological polar surface area (TPSA) is 84.0 Å². The van der Waals surface area contributed by atoms with E-state index in [2.05, 4.69) is 27.4 Å². The van der Waals surface area contributed by atoms with Gasteiger partial charge in [0.2, 0.25) is 5.91 Å². The van der Waals surface area contributed by atoms with Gasteiger partial charge in [-0.15, -0.1) is 10.2 Å². The lowest BCUT2D eigenvalue weighted by atomic mass is 10.4. The fraction of sp³-hybridized carbons (Fsp3) is 0.400. The molecule has 6 nitrogen and oxygen atoms in total. The van der Waals surface area contributed by atoms with Crippen molar-refractivity contribution in [2.75, 3.05) is 18.6 Å². The van der Waals surface area contributed by atoms with Crippen molar-refractivity contribution in [1.82, 2.24) is 20.8 Å². The van der Waals surface area contributed by atoms with Crippen LogP contribution in [0.1, 0.15) is 6.92 Å². The molecule has 0 atom stereocenters. The zero-order valence-electron chi connectivity index (χ0n) is 10.6. The van der Waals surface area contributed by atoms with Gasteiger partial charge >= 0.3 is 6.03 Å². The number of hydrogen-bond acceptors (Lipinski definition) is 7. The molecule has 0 saturated heterocycles. The summed E-state index contributed by atoms with van der Waals surface area (Å²) in [7, 11) is 1.45. The molecule has 0 aliphatic carbocycles. The smallest absolute Gasteiger partial charge is 0.321 e. The lowest BCUT2D eigenvalue weighted by Gasteiger charge is -2.00. The summed E-state index contributed by atoms with van der Waals surface area (Å²) < 4.78 is 1.55. The second-order valence-corrected chi connectivity index (χ2v) is 6.92. The first-order valence-electron chi connectivity index (χ1n) is 5.26.